The summed E-state index contributed by atoms with van der Waals surface area (Å²) in [5.41, 5.74) is 3.47. The lowest BCUT2D eigenvalue weighted by Gasteiger charge is -2.13. The van der Waals surface area contributed by atoms with Gasteiger partial charge in [-0.25, -0.2) is 0 Å². The highest BCUT2D eigenvalue weighted by Gasteiger charge is 2.22. The maximum atomic E-state index is 12.8. The lowest BCUT2D eigenvalue weighted by Crippen LogP contribution is -2.26. The Hall–Kier alpha value is -3.41. The molecule has 0 atom stereocenters. The van der Waals surface area contributed by atoms with E-state index < -0.39 is 0 Å². The van der Waals surface area contributed by atoms with Crippen LogP contribution in [0.1, 0.15) is 27.6 Å². The van der Waals surface area contributed by atoms with E-state index in [0.29, 0.717) is 23.1 Å². The van der Waals surface area contributed by atoms with Gasteiger partial charge >= 0.3 is 0 Å². The van der Waals surface area contributed by atoms with Gasteiger partial charge in [0.25, 0.3) is 5.91 Å². The molecule has 4 rings (SSSR count). The molecule has 0 fully saturated rings. The lowest BCUT2D eigenvalue weighted by molar-refractivity contribution is 0.0743. The van der Waals surface area contributed by atoms with E-state index in [1.807, 2.05) is 62.4 Å². The van der Waals surface area contributed by atoms with Gasteiger partial charge in [-0.2, -0.15) is 0 Å². The molecular weight excluding hydrogens is 342 g/mol. The van der Waals surface area contributed by atoms with Gasteiger partial charge in [-0.05, 0) is 37.6 Å². The fourth-order valence-corrected chi connectivity index (χ4v) is 3.00. The Bertz CT molecular complexity index is 1110. The molecule has 2 aromatic heterocycles. The summed E-state index contributed by atoms with van der Waals surface area (Å²) in [5, 5.41) is 9.05. The Kier molecular flexibility index (Phi) is 4.24. The molecule has 0 spiro atoms. The Morgan fingerprint density at radius 2 is 1.81 bits per heavy atom. The molecule has 0 bridgehead atoms. The van der Waals surface area contributed by atoms with Crippen molar-refractivity contribution in [3.05, 3.63) is 71.3 Å². The molecule has 2 heterocycles. The molecule has 0 radical (unpaired) electrons. The van der Waals surface area contributed by atoms with Gasteiger partial charge in [0, 0.05) is 23.6 Å². The molecule has 136 valence electrons. The smallest absolute Gasteiger partial charge is 0.290 e. The zero-order valence-corrected chi connectivity index (χ0v) is 15.4. The van der Waals surface area contributed by atoms with Crippen LogP contribution < -0.4 is 0 Å². The summed E-state index contributed by atoms with van der Waals surface area (Å²) in [6.07, 6.45) is 0. The highest BCUT2D eigenvalue weighted by Crippen LogP contribution is 2.27. The molecule has 1 amide bonds. The minimum absolute atomic E-state index is 0.203. The quantitative estimate of drug-likeness (QED) is 0.540. The third kappa shape index (κ3) is 3.21. The van der Waals surface area contributed by atoms with E-state index in [0.717, 1.165) is 22.1 Å². The van der Waals surface area contributed by atoms with Crippen LogP contribution in [-0.2, 0) is 6.54 Å². The Labute approximate surface area is 156 Å². The molecule has 0 aliphatic carbocycles. The first kappa shape index (κ1) is 17.0. The van der Waals surface area contributed by atoms with Crippen molar-refractivity contribution in [2.24, 2.45) is 0 Å². The number of hydrogen-bond donors (Lipinski definition) is 0. The van der Waals surface area contributed by atoms with E-state index in [4.69, 9.17) is 8.83 Å². The zero-order valence-electron chi connectivity index (χ0n) is 15.4. The first-order valence-corrected chi connectivity index (χ1v) is 8.66. The predicted octanol–water partition coefficient (Wildman–Crippen LogP) is 4.37. The van der Waals surface area contributed by atoms with Gasteiger partial charge in [-0.3, -0.25) is 4.79 Å². The van der Waals surface area contributed by atoms with Gasteiger partial charge in [0.05, 0.1) is 6.54 Å². The second-order valence-corrected chi connectivity index (χ2v) is 6.58. The highest BCUT2D eigenvalue weighted by atomic mass is 16.4. The van der Waals surface area contributed by atoms with Crippen LogP contribution in [0, 0.1) is 13.8 Å². The monoisotopic (exact) mass is 361 g/mol. The standard InChI is InChI=1S/C21H19N3O3/c1-13-9-10-16-14(2)19(26-17(16)11-13)21(25)24(3)12-18-22-23-20(27-18)15-7-5-4-6-8-15/h4-11H,12H2,1-3H3. The number of rotatable bonds is 4. The van der Waals surface area contributed by atoms with Gasteiger partial charge in [0.1, 0.15) is 5.58 Å². The van der Waals surface area contributed by atoms with E-state index in [1.165, 1.54) is 4.90 Å². The maximum absolute atomic E-state index is 12.8. The third-order valence-electron chi connectivity index (χ3n) is 4.49. The lowest BCUT2D eigenvalue weighted by atomic mass is 10.1. The molecule has 4 aromatic rings. The van der Waals surface area contributed by atoms with Crippen molar-refractivity contribution in [3.8, 4) is 11.5 Å². The summed E-state index contributed by atoms with van der Waals surface area (Å²) in [7, 11) is 1.69. The highest BCUT2D eigenvalue weighted by molar-refractivity contribution is 5.98. The minimum Gasteiger partial charge on any atom is -0.451 e. The van der Waals surface area contributed by atoms with Crippen molar-refractivity contribution < 1.29 is 13.6 Å². The van der Waals surface area contributed by atoms with E-state index in [-0.39, 0.29) is 12.5 Å². The SMILES string of the molecule is Cc1ccc2c(C)c(C(=O)N(C)Cc3nnc(-c4ccccc4)o3)oc2c1. The Morgan fingerprint density at radius 1 is 1.04 bits per heavy atom. The van der Waals surface area contributed by atoms with E-state index in [2.05, 4.69) is 10.2 Å². The van der Waals surface area contributed by atoms with E-state index in [9.17, 15) is 4.79 Å². The maximum Gasteiger partial charge on any atom is 0.290 e. The fourth-order valence-electron chi connectivity index (χ4n) is 3.00. The van der Waals surface area contributed by atoms with Crippen molar-refractivity contribution in [3.63, 3.8) is 0 Å². The van der Waals surface area contributed by atoms with Gasteiger partial charge in [0.2, 0.25) is 11.8 Å². The van der Waals surface area contributed by atoms with Gasteiger partial charge < -0.3 is 13.7 Å². The number of aromatic nitrogens is 2. The van der Waals surface area contributed by atoms with E-state index >= 15 is 0 Å². The van der Waals surface area contributed by atoms with Crippen LogP contribution in [0.15, 0.2) is 57.4 Å². The number of carbonyl (C=O) groups is 1. The summed E-state index contributed by atoms with van der Waals surface area (Å²) in [4.78, 5) is 14.4. The summed E-state index contributed by atoms with van der Waals surface area (Å²) in [6.45, 7) is 4.08. The second kappa shape index (κ2) is 6.72. The number of nitrogens with zero attached hydrogens (tertiary/aromatic N) is 3. The third-order valence-corrected chi connectivity index (χ3v) is 4.49. The van der Waals surface area contributed by atoms with Gasteiger partial charge in [-0.15, -0.1) is 10.2 Å². The molecule has 0 aliphatic heterocycles. The molecule has 27 heavy (non-hydrogen) atoms. The largest absolute Gasteiger partial charge is 0.451 e. The zero-order chi connectivity index (χ0) is 19.0. The van der Waals surface area contributed by atoms with Crippen molar-refractivity contribution >= 4 is 16.9 Å². The fraction of sp³-hybridized carbons (Fsp3) is 0.190. The summed E-state index contributed by atoms with van der Waals surface area (Å²) in [6, 6.07) is 15.4. The molecule has 0 N–H and O–H groups in total. The van der Waals surface area contributed by atoms with Crippen molar-refractivity contribution in [2.75, 3.05) is 7.05 Å². The number of amides is 1. The van der Waals surface area contributed by atoms with Gasteiger partial charge in [0.15, 0.2) is 5.76 Å². The topological polar surface area (TPSA) is 72.4 Å². The number of carbonyl (C=O) groups excluding carboxylic acids is 1. The predicted molar refractivity (Wildman–Crippen MR) is 101 cm³/mol. The van der Waals surface area contributed by atoms with Crippen molar-refractivity contribution in [1.29, 1.82) is 0 Å². The number of hydrogen-bond acceptors (Lipinski definition) is 5. The normalized spacial score (nSPS) is 11.1. The molecule has 0 saturated carbocycles. The molecule has 0 saturated heterocycles. The van der Waals surface area contributed by atoms with Crippen LogP contribution in [-0.4, -0.2) is 28.1 Å². The van der Waals surface area contributed by atoms with Crippen LogP contribution in [0.4, 0.5) is 0 Å². The average molecular weight is 361 g/mol. The first-order valence-electron chi connectivity index (χ1n) is 8.66. The van der Waals surface area contributed by atoms with Crippen LogP contribution in [0.2, 0.25) is 0 Å². The molecule has 0 unspecified atom stereocenters. The first-order chi connectivity index (χ1) is 13.0. The number of fused-ring (bicyclic) bond motifs is 1. The number of furan rings is 1. The molecule has 6 heteroatoms. The van der Waals surface area contributed by atoms with E-state index in [1.54, 1.807) is 7.05 Å². The van der Waals surface area contributed by atoms with Crippen LogP contribution in [0.3, 0.4) is 0 Å². The Morgan fingerprint density at radius 3 is 2.59 bits per heavy atom. The number of aryl methyl sites for hydroxylation is 2. The Balaban J connectivity index is 1.55. The van der Waals surface area contributed by atoms with Crippen molar-refractivity contribution in [1.82, 2.24) is 15.1 Å². The summed E-state index contributed by atoms with van der Waals surface area (Å²) < 4.78 is 11.5. The molecule has 0 aliphatic rings. The second-order valence-electron chi connectivity index (χ2n) is 6.58. The molecular formula is C21H19N3O3. The molecule has 6 nitrogen and oxygen atoms in total. The average Bonchev–Trinajstić information content (AvgIpc) is 3.26. The van der Waals surface area contributed by atoms with Crippen LogP contribution >= 0.6 is 0 Å². The van der Waals surface area contributed by atoms with Crippen LogP contribution in [0.25, 0.3) is 22.4 Å². The van der Waals surface area contributed by atoms with Crippen molar-refractivity contribution in [2.45, 2.75) is 20.4 Å². The summed E-state index contributed by atoms with van der Waals surface area (Å²) in [5.74, 6) is 0.915. The minimum atomic E-state index is -0.221. The van der Waals surface area contributed by atoms with Gasteiger partial charge in [-0.1, -0.05) is 30.3 Å². The summed E-state index contributed by atoms with van der Waals surface area (Å²) >= 11 is 0. The van der Waals surface area contributed by atoms with Crippen LogP contribution in [0.5, 0.6) is 0 Å². The number of benzene rings is 2. The molecule has 2 aromatic carbocycles.